The van der Waals surface area contributed by atoms with Crippen LogP contribution in [0.1, 0.15) is 33.6 Å². The molecule has 0 bridgehead atoms. The van der Waals surface area contributed by atoms with Crippen LogP contribution in [0.4, 0.5) is 0 Å². The van der Waals surface area contributed by atoms with Crippen molar-refractivity contribution in [2.45, 2.75) is 39.4 Å². The molecule has 0 atom stereocenters. The third-order valence-corrected chi connectivity index (χ3v) is 2.82. The monoisotopic (exact) mass is 156 g/mol. The van der Waals surface area contributed by atoms with Crippen molar-refractivity contribution in [1.82, 2.24) is 0 Å². The molecule has 0 aromatic rings. The van der Waals surface area contributed by atoms with E-state index in [-0.39, 0.29) is 5.82 Å². The quantitative estimate of drug-likeness (QED) is 0.561. The maximum absolute atomic E-state index is 8.81. The van der Waals surface area contributed by atoms with Crippen molar-refractivity contribution in [2.75, 3.05) is 0 Å². The summed E-state index contributed by atoms with van der Waals surface area (Å²) in [6.45, 7) is 6.62. The molecule has 0 saturated heterocycles. The fraction of sp³-hybridized carbons (Fsp3) is 1.00. The van der Waals surface area contributed by atoms with Crippen LogP contribution in [0, 0.1) is 11.3 Å². The van der Waals surface area contributed by atoms with Crippen LogP contribution < -0.4 is 0 Å². The van der Waals surface area contributed by atoms with Crippen LogP contribution in [-0.4, -0.2) is 17.2 Å². The van der Waals surface area contributed by atoms with Crippen LogP contribution in [-0.2, 0) is 0 Å². The van der Waals surface area contributed by atoms with Crippen molar-refractivity contribution < 1.29 is 10.0 Å². The molecule has 1 aliphatic carbocycles. The highest BCUT2D eigenvalue weighted by atomic mass is 16.4. The van der Waals surface area contributed by atoms with Gasteiger partial charge in [-0.2, -0.15) is 0 Å². The molecule has 1 aliphatic rings. The second kappa shape index (κ2) is 2.79. The van der Waals surface area contributed by atoms with Crippen LogP contribution in [0.5, 0.6) is 0 Å². The van der Waals surface area contributed by atoms with Crippen molar-refractivity contribution in [2.24, 2.45) is 11.3 Å². The Hall–Kier alpha value is -0.0151. The normalized spacial score (nSPS) is 31.4. The summed E-state index contributed by atoms with van der Waals surface area (Å²) in [4.78, 5) is 0. The van der Waals surface area contributed by atoms with Crippen molar-refractivity contribution in [3.05, 3.63) is 0 Å². The molecule has 0 unspecified atom stereocenters. The van der Waals surface area contributed by atoms with E-state index >= 15 is 0 Å². The van der Waals surface area contributed by atoms with Gasteiger partial charge in [-0.05, 0) is 30.0 Å². The lowest BCUT2D eigenvalue weighted by Gasteiger charge is -2.43. The fourth-order valence-corrected chi connectivity index (χ4v) is 1.61. The van der Waals surface area contributed by atoms with Gasteiger partial charge in [0.1, 0.15) is 0 Å². The lowest BCUT2D eigenvalue weighted by atomic mass is 9.51. The first-order valence-electron chi connectivity index (χ1n) is 4.27. The molecule has 0 aromatic carbocycles. The average Bonchev–Trinajstić information content (AvgIpc) is 1.51. The molecule has 64 valence electrons. The van der Waals surface area contributed by atoms with E-state index in [0.717, 1.165) is 12.8 Å². The molecule has 0 amide bonds. The molecule has 1 fully saturated rings. The van der Waals surface area contributed by atoms with Gasteiger partial charge < -0.3 is 10.0 Å². The maximum Gasteiger partial charge on any atom is 0.454 e. The first-order valence-corrected chi connectivity index (χ1v) is 4.27. The average molecular weight is 156 g/mol. The second-order valence-electron chi connectivity index (χ2n) is 4.71. The van der Waals surface area contributed by atoms with Crippen molar-refractivity contribution >= 4 is 7.12 Å². The summed E-state index contributed by atoms with van der Waals surface area (Å²) < 4.78 is 0. The Morgan fingerprint density at radius 1 is 1.18 bits per heavy atom. The standard InChI is InChI=1S/C8H17BO2/c1-8(2,3)6-4-7(5-6)9(10)11/h6-7,10-11H,4-5H2,1-3H3. The highest BCUT2D eigenvalue weighted by Gasteiger charge is 2.42. The number of rotatable bonds is 1. The number of hydrogen-bond acceptors (Lipinski definition) is 2. The Morgan fingerprint density at radius 3 is 1.91 bits per heavy atom. The minimum atomic E-state index is -1.09. The van der Waals surface area contributed by atoms with Crippen molar-refractivity contribution in [3.8, 4) is 0 Å². The van der Waals surface area contributed by atoms with Gasteiger partial charge in [-0.3, -0.25) is 0 Å². The van der Waals surface area contributed by atoms with Gasteiger partial charge >= 0.3 is 7.12 Å². The summed E-state index contributed by atoms with van der Waals surface area (Å²) in [6, 6.07) is 0. The molecule has 2 nitrogen and oxygen atoms in total. The molecule has 3 heteroatoms. The first-order chi connectivity index (χ1) is 4.91. The Kier molecular flexibility index (Phi) is 2.31. The molecule has 0 radical (unpaired) electrons. The van der Waals surface area contributed by atoms with E-state index in [2.05, 4.69) is 20.8 Å². The van der Waals surface area contributed by atoms with E-state index in [9.17, 15) is 0 Å². The van der Waals surface area contributed by atoms with Gasteiger partial charge in [0.25, 0.3) is 0 Å². The molecule has 1 saturated carbocycles. The summed E-state index contributed by atoms with van der Waals surface area (Å²) in [7, 11) is -1.09. The van der Waals surface area contributed by atoms with E-state index in [1.54, 1.807) is 0 Å². The third-order valence-electron chi connectivity index (χ3n) is 2.82. The predicted octanol–water partition coefficient (Wildman–Crippen LogP) is 1.29. The smallest absolute Gasteiger partial charge is 0.427 e. The van der Waals surface area contributed by atoms with Gasteiger partial charge in [0, 0.05) is 0 Å². The van der Waals surface area contributed by atoms with E-state index in [1.165, 1.54) is 0 Å². The molecule has 0 aliphatic heterocycles. The number of hydrogen-bond donors (Lipinski definition) is 2. The van der Waals surface area contributed by atoms with Gasteiger partial charge in [0.2, 0.25) is 0 Å². The Balaban J connectivity index is 2.30. The molecule has 2 N–H and O–H groups in total. The van der Waals surface area contributed by atoms with Crippen LogP contribution >= 0.6 is 0 Å². The Bertz CT molecular complexity index is 134. The Labute approximate surface area is 68.8 Å². The first kappa shape index (κ1) is 9.08. The fourth-order valence-electron chi connectivity index (χ4n) is 1.61. The summed E-state index contributed by atoms with van der Waals surface area (Å²) in [5.41, 5.74) is 0.339. The van der Waals surface area contributed by atoms with Crippen LogP contribution in [0.2, 0.25) is 5.82 Å². The zero-order valence-electron chi connectivity index (χ0n) is 7.54. The lowest BCUT2D eigenvalue weighted by molar-refractivity contribution is 0.125. The largest absolute Gasteiger partial charge is 0.454 e. The zero-order valence-corrected chi connectivity index (χ0v) is 7.54. The summed E-state index contributed by atoms with van der Waals surface area (Å²) in [5.74, 6) is 0.813. The van der Waals surface area contributed by atoms with Crippen molar-refractivity contribution in [3.63, 3.8) is 0 Å². The van der Waals surface area contributed by atoms with Gasteiger partial charge in [-0.25, -0.2) is 0 Å². The highest BCUT2D eigenvalue weighted by molar-refractivity contribution is 6.43. The van der Waals surface area contributed by atoms with Crippen LogP contribution in [0.3, 0.4) is 0 Å². The van der Waals surface area contributed by atoms with Gasteiger partial charge in [-0.15, -0.1) is 0 Å². The molecular weight excluding hydrogens is 139 g/mol. The minimum absolute atomic E-state index is 0.138. The van der Waals surface area contributed by atoms with Crippen molar-refractivity contribution in [1.29, 1.82) is 0 Å². The van der Waals surface area contributed by atoms with E-state index in [1.807, 2.05) is 0 Å². The van der Waals surface area contributed by atoms with Gasteiger partial charge in [-0.1, -0.05) is 20.8 Å². The van der Waals surface area contributed by atoms with E-state index in [4.69, 9.17) is 10.0 Å². The summed E-state index contributed by atoms with van der Waals surface area (Å²) >= 11 is 0. The molecule has 11 heavy (non-hydrogen) atoms. The summed E-state index contributed by atoms with van der Waals surface area (Å²) in [6.07, 6.45) is 1.95. The topological polar surface area (TPSA) is 40.5 Å². The second-order valence-corrected chi connectivity index (χ2v) is 4.71. The zero-order chi connectivity index (χ0) is 8.65. The van der Waals surface area contributed by atoms with Gasteiger partial charge in [0.05, 0.1) is 0 Å². The lowest BCUT2D eigenvalue weighted by Crippen LogP contribution is -2.38. The van der Waals surface area contributed by atoms with E-state index in [0.29, 0.717) is 11.3 Å². The SMILES string of the molecule is CC(C)(C)C1CC(B(O)O)C1. The predicted molar refractivity (Wildman–Crippen MR) is 46.1 cm³/mol. The van der Waals surface area contributed by atoms with Crippen LogP contribution in [0.25, 0.3) is 0 Å². The highest BCUT2D eigenvalue weighted by Crippen LogP contribution is 2.48. The van der Waals surface area contributed by atoms with Crippen LogP contribution in [0.15, 0.2) is 0 Å². The molecule has 0 heterocycles. The maximum atomic E-state index is 8.81. The third kappa shape index (κ3) is 1.97. The van der Waals surface area contributed by atoms with Gasteiger partial charge in [0.15, 0.2) is 0 Å². The molecule has 1 rings (SSSR count). The van der Waals surface area contributed by atoms with E-state index < -0.39 is 7.12 Å². The molecule has 0 spiro atoms. The molecule has 0 aromatic heterocycles. The summed E-state index contributed by atoms with van der Waals surface area (Å²) in [5, 5.41) is 17.6. The minimum Gasteiger partial charge on any atom is -0.427 e. The Morgan fingerprint density at radius 2 is 1.64 bits per heavy atom. The molecular formula is C8H17BO2.